The van der Waals surface area contributed by atoms with Gasteiger partial charge in [-0.2, -0.15) is 10.2 Å². The summed E-state index contributed by atoms with van der Waals surface area (Å²) in [7, 11) is 0. The summed E-state index contributed by atoms with van der Waals surface area (Å²) in [6.07, 6.45) is 5.31. The minimum absolute atomic E-state index is 0.706. The van der Waals surface area contributed by atoms with Crippen LogP contribution in [0.25, 0.3) is 33.4 Å². The molecule has 0 radical (unpaired) electrons. The first-order chi connectivity index (χ1) is 10.3. The number of H-pyrrole nitrogens is 2. The zero-order valence-electron chi connectivity index (χ0n) is 11.0. The van der Waals surface area contributed by atoms with Crippen molar-refractivity contribution >= 4 is 16.6 Å². The van der Waals surface area contributed by atoms with Crippen LogP contribution < -0.4 is 5.73 Å². The number of rotatable bonds is 2. The molecule has 0 atom stereocenters. The van der Waals surface area contributed by atoms with Crippen molar-refractivity contribution in [2.24, 2.45) is 0 Å². The molecule has 1 aromatic carbocycles. The van der Waals surface area contributed by atoms with E-state index in [0.717, 1.165) is 33.4 Å². The normalized spacial score (nSPS) is 11.0. The van der Waals surface area contributed by atoms with Crippen LogP contribution in [-0.4, -0.2) is 25.4 Å². The van der Waals surface area contributed by atoms with E-state index in [-0.39, 0.29) is 0 Å². The minimum atomic E-state index is 0.706. The number of nitrogen functional groups attached to an aromatic ring is 1. The summed E-state index contributed by atoms with van der Waals surface area (Å²) in [4.78, 5) is 4.14. The largest absolute Gasteiger partial charge is 0.399 e. The van der Waals surface area contributed by atoms with Crippen molar-refractivity contribution < 1.29 is 0 Å². The Labute approximate surface area is 120 Å². The number of anilines is 1. The molecule has 3 heterocycles. The Balaban J connectivity index is 1.93. The molecule has 4 aromatic rings. The highest BCUT2D eigenvalue weighted by Crippen LogP contribution is 2.33. The molecule has 0 saturated carbocycles. The second-order valence-electron chi connectivity index (χ2n) is 4.78. The molecule has 4 rings (SSSR count). The summed E-state index contributed by atoms with van der Waals surface area (Å²) < 4.78 is 0. The molecule has 0 fully saturated rings. The van der Waals surface area contributed by atoms with Crippen LogP contribution in [0, 0.1) is 0 Å². The molecule has 0 spiro atoms. The molecule has 6 heteroatoms. The highest BCUT2D eigenvalue weighted by Gasteiger charge is 2.15. The molecular weight excluding hydrogens is 264 g/mol. The molecule has 4 N–H and O–H groups in total. The Hall–Kier alpha value is -3.15. The van der Waals surface area contributed by atoms with Gasteiger partial charge in [-0.1, -0.05) is 0 Å². The van der Waals surface area contributed by atoms with E-state index in [2.05, 4.69) is 25.4 Å². The molecule has 21 heavy (non-hydrogen) atoms. The van der Waals surface area contributed by atoms with Crippen LogP contribution in [0.4, 0.5) is 5.69 Å². The average molecular weight is 276 g/mol. The van der Waals surface area contributed by atoms with Gasteiger partial charge in [0.15, 0.2) is 0 Å². The smallest absolute Gasteiger partial charge is 0.104 e. The number of aromatic nitrogens is 5. The van der Waals surface area contributed by atoms with Crippen molar-refractivity contribution in [3.63, 3.8) is 0 Å². The predicted octanol–water partition coefficient (Wildman–Crippen LogP) is 2.60. The predicted molar refractivity (Wildman–Crippen MR) is 81.3 cm³/mol. The molecule has 0 amide bonds. The molecule has 0 aliphatic rings. The Morgan fingerprint density at radius 1 is 1.05 bits per heavy atom. The van der Waals surface area contributed by atoms with E-state index in [9.17, 15) is 0 Å². The fourth-order valence-electron chi connectivity index (χ4n) is 2.44. The SMILES string of the molecule is Nc1ccc2c(-c3cn[nH]c3-c3cccnc3)n[nH]c2c1. The van der Waals surface area contributed by atoms with Gasteiger partial charge in [-0.3, -0.25) is 15.2 Å². The summed E-state index contributed by atoms with van der Waals surface area (Å²) in [5.41, 5.74) is 11.1. The highest BCUT2D eigenvalue weighted by molar-refractivity contribution is 5.97. The topological polar surface area (TPSA) is 96.3 Å². The van der Waals surface area contributed by atoms with Crippen molar-refractivity contribution in [2.45, 2.75) is 0 Å². The van der Waals surface area contributed by atoms with E-state index in [0.29, 0.717) is 5.69 Å². The van der Waals surface area contributed by atoms with Crippen molar-refractivity contribution in [1.82, 2.24) is 25.4 Å². The van der Waals surface area contributed by atoms with E-state index in [1.165, 1.54) is 0 Å². The van der Waals surface area contributed by atoms with Crippen LogP contribution in [0.15, 0.2) is 48.9 Å². The van der Waals surface area contributed by atoms with Gasteiger partial charge in [-0.25, -0.2) is 0 Å². The fraction of sp³-hybridized carbons (Fsp3) is 0. The third-order valence-corrected chi connectivity index (χ3v) is 3.43. The van der Waals surface area contributed by atoms with Crippen LogP contribution in [0.2, 0.25) is 0 Å². The third-order valence-electron chi connectivity index (χ3n) is 3.43. The molecule has 0 aliphatic carbocycles. The lowest BCUT2D eigenvalue weighted by Crippen LogP contribution is -1.85. The zero-order valence-corrected chi connectivity index (χ0v) is 11.0. The average Bonchev–Trinajstić information content (AvgIpc) is 3.13. The molecule has 0 unspecified atom stereocenters. The zero-order chi connectivity index (χ0) is 14.2. The number of nitrogens with zero attached hydrogens (tertiary/aromatic N) is 3. The van der Waals surface area contributed by atoms with Gasteiger partial charge in [-0.15, -0.1) is 0 Å². The molecule has 0 bridgehead atoms. The number of benzene rings is 1. The number of nitrogens with one attached hydrogen (secondary N) is 2. The van der Waals surface area contributed by atoms with Gasteiger partial charge in [0.25, 0.3) is 0 Å². The van der Waals surface area contributed by atoms with Gasteiger partial charge in [-0.05, 0) is 30.3 Å². The maximum atomic E-state index is 5.80. The number of hydrogen-bond acceptors (Lipinski definition) is 4. The van der Waals surface area contributed by atoms with Crippen molar-refractivity contribution in [2.75, 3.05) is 5.73 Å². The van der Waals surface area contributed by atoms with Gasteiger partial charge < -0.3 is 5.73 Å². The summed E-state index contributed by atoms with van der Waals surface area (Å²) in [6, 6.07) is 9.57. The second-order valence-corrected chi connectivity index (χ2v) is 4.78. The molecule has 0 saturated heterocycles. The Morgan fingerprint density at radius 3 is 2.86 bits per heavy atom. The van der Waals surface area contributed by atoms with Gasteiger partial charge in [0.2, 0.25) is 0 Å². The lowest BCUT2D eigenvalue weighted by Gasteiger charge is -2.01. The van der Waals surface area contributed by atoms with Crippen molar-refractivity contribution in [3.8, 4) is 22.5 Å². The van der Waals surface area contributed by atoms with E-state index < -0.39 is 0 Å². The number of fused-ring (bicyclic) bond motifs is 1. The maximum absolute atomic E-state index is 5.80. The van der Waals surface area contributed by atoms with E-state index >= 15 is 0 Å². The van der Waals surface area contributed by atoms with Crippen LogP contribution in [0.3, 0.4) is 0 Å². The van der Waals surface area contributed by atoms with Gasteiger partial charge in [0.1, 0.15) is 5.69 Å². The molecule has 102 valence electrons. The fourth-order valence-corrected chi connectivity index (χ4v) is 2.44. The summed E-state index contributed by atoms with van der Waals surface area (Å²) >= 11 is 0. The Bertz CT molecular complexity index is 906. The van der Waals surface area contributed by atoms with Crippen LogP contribution in [0.5, 0.6) is 0 Å². The van der Waals surface area contributed by atoms with Crippen molar-refractivity contribution in [3.05, 3.63) is 48.9 Å². The van der Waals surface area contributed by atoms with Gasteiger partial charge >= 0.3 is 0 Å². The first-order valence-electron chi connectivity index (χ1n) is 6.50. The maximum Gasteiger partial charge on any atom is 0.104 e. The number of aromatic amines is 2. The Kier molecular flexibility index (Phi) is 2.47. The molecule has 0 aliphatic heterocycles. The lowest BCUT2D eigenvalue weighted by atomic mass is 10.0. The molecule has 3 aromatic heterocycles. The van der Waals surface area contributed by atoms with Crippen molar-refractivity contribution in [1.29, 1.82) is 0 Å². The van der Waals surface area contributed by atoms with Gasteiger partial charge in [0, 0.05) is 34.6 Å². The lowest BCUT2D eigenvalue weighted by molar-refractivity contribution is 1.09. The minimum Gasteiger partial charge on any atom is -0.399 e. The first kappa shape index (κ1) is 11.7. The van der Waals surface area contributed by atoms with Crippen LogP contribution >= 0.6 is 0 Å². The standard InChI is InChI=1S/C15H12N6/c16-10-3-4-11-13(6-10)19-21-15(11)12-8-18-20-14(12)9-2-1-5-17-7-9/h1-8H,16H2,(H,18,20)(H,19,21). The third kappa shape index (κ3) is 1.85. The summed E-state index contributed by atoms with van der Waals surface area (Å²) in [5.74, 6) is 0. The van der Waals surface area contributed by atoms with Crippen LogP contribution in [0.1, 0.15) is 0 Å². The number of pyridine rings is 1. The van der Waals surface area contributed by atoms with Gasteiger partial charge in [0.05, 0.1) is 17.4 Å². The number of nitrogens with two attached hydrogens (primary N) is 1. The quantitative estimate of drug-likeness (QED) is 0.490. The van der Waals surface area contributed by atoms with E-state index in [1.807, 2.05) is 30.3 Å². The highest BCUT2D eigenvalue weighted by atomic mass is 15.1. The second kappa shape index (κ2) is 4.45. The van der Waals surface area contributed by atoms with E-state index in [4.69, 9.17) is 5.73 Å². The Morgan fingerprint density at radius 2 is 2.00 bits per heavy atom. The van der Waals surface area contributed by atoms with E-state index in [1.54, 1.807) is 18.6 Å². The number of hydrogen-bond donors (Lipinski definition) is 3. The summed E-state index contributed by atoms with van der Waals surface area (Å²) in [6.45, 7) is 0. The molecular formula is C15H12N6. The molecule has 6 nitrogen and oxygen atoms in total. The summed E-state index contributed by atoms with van der Waals surface area (Å²) in [5, 5.41) is 15.6. The van der Waals surface area contributed by atoms with Crippen LogP contribution in [-0.2, 0) is 0 Å². The first-order valence-corrected chi connectivity index (χ1v) is 6.50. The monoisotopic (exact) mass is 276 g/mol.